The molecule has 1 aliphatic carbocycles. The van der Waals surface area contributed by atoms with Crippen LogP contribution < -0.4 is 5.32 Å². The van der Waals surface area contributed by atoms with Crippen LogP contribution in [0, 0.1) is 11.3 Å². The molecule has 2 heterocycles. The van der Waals surface area contributed by atoms with Crippen molar-refractivity contribution in [3.05, 3.63) is 0 Å². The van der Waals surface area contributed by atoms with E-state index in [2.05, 4.69) is 24.1 Å². The van der Waals surface area contributed by atoms with Gasteiger partial charge in [0, 0.05) is 31.1 Å². The predicted octanol–water partition coefficient (Wildman–Crippen LogP) is 2.24. The lowest BCUT2D eigenvalue weighted by Crippen LogP contribution is -2.51. The Morgan fingerprint density at radius 1 is 1.24 bits per heavy atom. The van der Waals surface area contributed by atoms with Gasteiger partial charge in [-0.05, 0) is 25.2 Å². The van der Waals surface area contributed by atoms with Crippen molar-refractivity contribution < 1.29 is 0 Å². The predicted molar refractivity (Wildman–Crippen MR) is 71.2 cm³/mol. The molecule has 1 N–H and O–H groups in total. The van der Waals surface area contributed by atoms with Crippen molar-refractivity contribution in [2.45, 2.75) is 52.0 Å². The van der Waals surface area contributed by atoms with Crippen LogP contribution in [-0.4, -0.2) is 36.5 Å². The molecule has 2 fully saturated rings. The first-order valence-electron chi connectivity index (χ1n) is 7.21. The van der Waals surface area contributed by atoms with Gasteiger partial charge in [0.25, 0.3) is 0 Å². The van der Waals surface area contributed by atoms with Crippen LogP contribution >= 0.6 is 0 Å². The largest absolute Gasteiger partial charge is 0.356 e. The first-order valence-corrected chi connectivity index (χ1v) is 7.21. The van der Waals surface area contributed by atoms with Crippen LogP contribution in [0.15, 0.2) is 4.99 Å². The molecule has 0 aromatic rings. The first-order chi connectivity index (χ1) is 8.16. The van der Waals surface area contributed by atoms with E-state index in [1.165, 1.54) is 44.6 Å². The molecule has 0 bridgehead atoms. The monoisotopic (exact) mass is 235 g/mol. The second kappa shape index (κ2) is 4.18. The van der Waals surface area contributed by atoms with E-state index in [0.29, 0.717) is 5.41 Å². The van der Waals surface area contributed by atoms with Gasteiger partial charge in [0.05, 0.1) is 0 Å². The van der Waals surface area contributed by atoms with Crippen molar-refractivity contribution in [2.24, 2.45) is 16.3 Å². The fraction of sp³-hybridized carbons (Fsp3) is 0.929. The second-order valence-electron chi connectivity index (χ2n) is 6.75. The molecule has 0 radical (unpaired) electrons. The number of rotatable bonds is 0. The normalized spacial score (nSPS) is 36.1. The molecule has 2 atom stereocenters. The van der Waals surface area contributed by atoms with Crippen LogP contribution in [0.1, 0.15) is 46.0 Å². The second-order valence-corrected chi connectivity index (χ2v) is 6.75. The quantitative estimate of drug-likeness (QED) is 0.697. The number of aliphatic imine (C=N–C) groups is 1. The Labute approximate surface area is 105 Å². The fourth-order valence-corrected chi connectivity index (χ4v) is 3.58. The molecule has 3 nitrogen and oxygen atoms in total. The molecule has 2 aliphatic heterocycles. The van der Waals surface area contributed by atoms with E-state index >= 15 is 0 Å². The Morgan fingerprint density at radius 3 is 2.82 bits per heavy atom. The van der Waals surface area contributed by atoms with E-state index in [4.69, 9.17) is 4.99 Å². The van der Waals surface area contributed by atoms with Gasteiger partial charge in [-0.1, -0.05) is 26.7 Å². The van der Waals surface area contributed by atoms with Gasteiger partial charge >= 0.3 is 0 Å². The molecular weight excluding hydrogens is 210 g/mol. The smallest absolute Gasteiger partial charge is 0.194 e. The summed E-state index contributed by atoms with van der Waals surface area (Å²) in [5.74, 6) is 2.14. The van der Waals surface area contributed by atoms with Gasteiger partial charge in [-0.3, -0.25) is 4.99 Å². The highest BCUT2D eigenvalue weighted by atomic mass is 15.3. The average molecular weight is 235 g/mol. The standard InChI is InChI=1S/C14H25N3/c1-14(2)9-15-13(16-10-14)17-8-7-11-5-3-4-6-12(11)17/h11-12H,3-10H2,1-2H3,(H,15,16). The van der Waals surface area contributed by atoms with E-state index in [-0.39, 0.29) is 0 Å². The minimum atomic E-state index is 0.329. The molecule has 3 rings (SSSR count). The molecule has 0 aromatic carbocycles. The number of guanidine groups is 1. The van der Waals surface area contributed by atoms with Gasteiger partial charge in [-0.2, -0.15) is 0 Å². The van der Waals surface area contributed by atoms with Gasteiger partial charge in [-0.25, -0.2) is 0 Å². The van der Waals surface area contributed by atoms with Crippen LogP contribution in [-0.2, 0) is 0 Å². The average Bonchev–Trinajstić information content (AvgIpc) is 2.73. The zero-order valence-electron chi connectivity index (χ0n) is 11.2. The van der Waals surface area contributed by atoms with Crippen molar-refractivity contribution in [1.82, 2.24) is 10.2 Å². The van der Waals surface area contributed by atoms with E-state index in [0.717, 1.165) is 25.0 Å². The number of likely N-dealkylation sites (tertiary alicyclic amines) is 1. The minimum absolute atomic E-state index is 0.329. The maximum atomic E-state index is 4.79. The summed E-state index contributed by atoms with van der Waals surface area (Å²) in [5.41, 5.74) is 0.329. The highest BCUT2D eigenvalue weighted by Gasteiger charge is 2.38. The number of hydrogen-bond donors (Lipinski definition) is 1. The summed E-state index contributed by atoms with van der Waals surface area (Å²) in [4.78, 5) is 7.36. The van der Waals surface area contributed by atoms with Crippen molar-refractivity contribution in [3.8, 4) is 0 Å². The summed E-state index contributed by atoms with van der Waals surface area (Å²) in [6.07, 6.45) is 7.07. The molecule has 3 heteroatoms. The third kappa shape index (κ3) is 2.16. The van der Waals surface area contributed by atoms with Crippen LogP contribution in [0.25, 0.3) is 0 Å². The zero-order valence-corrected chi connectivity index (χ0v) is 11.2. The van der Waals surface area contributed by atoms with Crippen LogP contribution in [0.4, 0.5) is 0 Å². The lowest BCUT2D eigenvalue weighted by molar-refractivity contribution is 0.240. The van der Waals surface area contributed by atoms with Gasteiger partial charge in [0.1, 0.15) is 0 Å². The Morgan fingerprint density at radius 2 is 2.06 bits per heavy atom. The van der Waals surface area contributed by atoms with E-state index < -0.39 is 0 Å². The summed E-state index contributed by atoms with van der Waals surface area (Å²) in [5, 5.41) is 3.56. The fourth-order valence-electron chi connectivity index (χ4n) is 3.58. The highest BCUT2D eigenvalue weighted by Crippen LogP contribution is 2.36. The summed E-state index contributed by atoms with van der Waals surface area (Å²) in [7, 11) is 0. The molecule has 2 unspecified atom stereocenters. The van der Waals surface area contributed by atoms with Crippen molar-refractivity contribution >= 4 is 5.96 Å². The molecule has 0 aromatic heterocycles. The third-order valence-corrected chi connectivity index (χ3v) is 4.66. The highest BCUT2D eigenvalue weighted by molar-refractivity contribution is 5.81. The zero-order chi connectivity index (χ0) is 11.9. The first kappa shape index (κ1) is 11.4. The van der Waals surface area contributed by atoms with E-state index in [9.17, 15) is 0 Å². The molecule has 1 saturated heterocycles. The maximum absolute atomic E-state index is 4.79. The van der Waals surface area contributed by atoms with Crippen molar-refractivity contribution in [3.63, 3.8) is 0 Å². The van der Waals surface area contributed by atoms with Gasteiger partial charge < -0.3 is 10.2 Å². The SMILES string of the molecule is CC1(C)CN=C(N2CCC3CCCCC32)NC1. The number of hydrogen-bond acceptors (Lipinski definition) is 3. The Bertz CT molecular complexity index is 321. The Kier molecular flexibility index (Phi) is 2.80. The summed E-state index contributed by atoms with van der Waals surface area (Å²) < 4.78 is 0. The summed E-state index contributed by atoms with van der Waals surface area (Å²) in [6.45, 7) is 7.84. The van der Waals surface area contributed by atoms with Gasteiger partial charge in [-0.15, -0.1) is 0 Å². The number of nitrogens with one attached hydrogen (secondary N) is 1. The molecule has 0 amide bonds. The number of fused-ring (bicyclic) bond motifs is 1. The molecule has 17 heavy (non-hydrogen) atoms. The maximum Gasteiger partial charge on any atom is 0.194 e. The lowest BCUT2D eigenvalue weighted by Gasteiger charge is -2.37. The topological polar surface area (TPSA) is 27.6 Å². The van der Waals surface area contributed by atoms with Crippen LogP contribution in [0.2, 0.25) is 0 Å². The summed E-state index contributed by atoms with van der Waals surface area (Å²) in [6, 6.07) is 0.788. The molecule has 3 aliphatic rings. The third-order valence-electron chi connectivity index (χ3n) is 4.66. The molecule has 1 saturated carbocycles. The van der Waals surface area contributed by atoms with Crippen molar-refractivity contribution in [2.75, 3.05) is 19.6 Å². The van der Waals surface area contributed by atoms with Crippen LogP contribution in [0.3, 0.4) is 0 Å². The van der Waals surface area contributed by atoms with Crippen molar-refractivity contribution in [1.29, 1.82) is 0 Å². The summed E-state index contributed by atoms with van der Waals surface area (Å²) >= 11 is 0. The Balaban J connectivity index is 1.71. The molecule has 96 valence electrons. The van der Waals surface area contributed by atoms with Crippen LogP contribution in [0.5, 0.6) is 0 Å². The van der Waals surface area contributed by atoms with Gasteiger partial charge in [0.2, 0.25) is 0 Å². The van der Waals surface area contributed by atoms with E-state index in [1.54, 1.807) is 0 Å². The number of nitrogens with zero attached hydrogens (tertiary/aromatic N) is 2. The Hall–Kier alpha value is -0.730. The van der Waals surface area contributed by atoms with Gasteiger partial charge in [0.15, 0.2) is 5.96 Å². The van der Waals surface area contributed by atoms with E-state index in [1.807, 2.05) is 0 Å². The minimum Gasteiger partial charge on any atom is -0.356 e. The molecule has 0 spiro atoms. The molecular formula is C14H25N3. The lowest BCUT2D eigenvalue weighted by atomic mass is 9.85.